The normalized spacial score (nSPS) is 20.1. The Morgan fingerprint density at radius 1 is 0.974 bits per heavy atom. The first kappa shape index (κ1) is 34.8. The summed E-state index contributed by atoms with van der Waals surface area (Å²) in [5.41, 5.74) is 0. The van der Waals surface area contributed by atoms with E-state index >= 15 is 0 Å². The van der Waals surface area contributed by atoms with Crippen molar-refractivity contribution < 1.29 is 34.1 Å². The number of rotatable bonds is 21. The molecule has 1 saturated carbocycles. The molecular formula is C31H53NO7. The summed E-state index contributed by atoms with van der Waals surface area (Å²) in [6.45, 7) is 7.73. The van der Waals surface area contributed by atoms with E-state index in [1.165, 1.54) is 0 Å². The molecule has 0 spiro atoms. The second kappa shape index (κ2) is 21.6. The van der Waals surface area contributed by atoms with E-state index in [0.717, 1.165) is 44.9 Å². The van der Waals surface area contributed by atoms with Crippen LogP contribution in [0.5, 0.6) is 0 Å². The fourth-order valence-corrected chi connectivity index (χ4v) is 4.65. The number of ether oxygens (including phenoxy) is 2. The van der Waals surface area contributed by atoms with Crippen molar-refractivity contribution in [3.05, 3.63) is 24.3 Å². The van der Waals surface area contributed by atoms with E-state index in [0.29, 0.717) is 38.8 Å². The summed E-state index contributed by atoms with van der Waals surface area (Å²) in [6.07, 6.45) is 15.7. The quantitative estimate of drug-likeness (QED) is 0.106. The van der Waals surface area contributed by atoms with Gasteiger partial charge in [0.2, 0.25) is 0 Å². The molecule has 0 saturated heterocycles. The SMILES string of the molecule is CCCCC[C@H](O)/C=C/[C@H]1[C@H](O)CC(=O)[C@@H]1C/C=C/CCCC(=O)OCCOC(=O)N(CCCC)CCCC. The highest BCUT2D eigenvalue weighted by Gasteiger charge is 2.39. The highest BCUT2D eigenvalue weighted by molar-refractivity contribution is 5.84. The molecule has 0 heterocycles. The maximum Gasteiger partial charge on any atom is 0.409 e. The average Bonchev–Trinajstić information content (AvgIpc) is 3.18. The van der Waals surface area contributed by atoms with Gasteiger partial charge in [0, 0.05) is 37.8 Å². The molecule has 0 aromatic carbocycles. The number of nitrogens with zero attached hydrogens (tertiary/aromatic N) is 1. The molecule has 1 aliphatic rings. The standard InChI is InChI=1S/C31H53NO7/c1-4-7-12-15-25(33)18-19-27-26(28(34)24-29(27)35)16-13-10-11-14-17-30(36)38-22-23-39-31(37)32(20-8-5-2)21-9-6-3/h10,13,18-19,25-27,29,33,35H,4-9,11-12,14-17,20-24H2,1-3H3/b13-10+,19-18+/t25-,26+,27+,29+/m0/s1. The molecule has 0 aromatic rings. The Bertz CT molecular complexity index is 743. The van der Waals surface area contributed by atoms with Crippen molar-refractivity contribution in [3.8, 4) is 0 Å². The lowest BCUT2D eigenvalue weighted by molar-refractivity contribution is -0.144. The zero-order valence-electron chi connectivity index (χ0n) is 24.5. The Morgan fingerprint density at radius 3 is 2.31 bits per heavy atom. The third kappa shape index (κ3) is 15.2. The third-order valence-electron chi connectivity index (χ3n) is 7.09. The summed E-state index contributed by atoms with van der Waals surface area (Å²) in [7, 11) is 0. The molecular weight excluding hydrogens is 498 g/mol. The maximum atomic E-state index is 12.4. The summed E-state index contributed by atoms with van der Waals surface area (Å²) in [4.78, 5) is 38.3. The largest absolute Gasteiger partial charge is 0.462 e. The van der Waals surface area contributed by atoms with Crippen LogP contribution in [0.25, 0.3) is 0 Å². The molecule has 0 unspecified atom stereocenters. The van der Waals surface area contributed by atoms with Crippen molar-refractivity contribution >= 4 is 17.8 Å². The average molecular weight is 552 g/mol. The molecule has 1 aliphatic carbocycles. The first-order chi connectivity index (χ1) is 18.8. The first-order valence-corrected chi connectivity index (χ1v) is 15.1. The number of unbranched alkanes of at least 4 members (excludes halogenated alkanes) is 5. The van der Waals surface area contributed by atoms with Crippen LogP contribution in [0.4, 0.5) is 4.79 Å². The van der Waals surface area contributed by atoms with Crippen molar-refractivity contribution in [2.45, 2.75) is 116 Å². The minimum Gasteiger partial charge on any atom is -0.462 e. The van der Waals surface area contributed by atoms with Crippen LogP contribution in [0.3, 0.4) is 0 Å². The number of aliphatic hydroxyl groups excluding tert-OH is 2. The van der Waals surface area contributed by atoms with Crippen LogP contribution in [0.2, 0.25) is 0 Å². The van der Waals surface area contributed by atoms with Gasteiger partial charge in [-0.15, -0.1) is 0 Å². The van der Waals surface area contributed by atoms with Crippen molar-refractivity contribution in [1.29, 1.82) is 0 Å². The molecule has 8 nitrogen and oxygen atoms in total. The number of esters is 1. The van der Waals surface area contributed by atoms with Gasteiger partial charge < -0.3 is 24.6 Å². The fraction of sp³-hybridized carbons (Fsp3) is 0.774. The van der Waals surface area contributed by atoms with Crippen LogP contribution in [-0.2, 0) is 19.1 Å². The Morgan fingerprint density at radius 2 is 1.64 bits per heavy atom. The van der Waals surface area contributed by atoms with E-state index in [1.54, 1.807) is 11.0 Å². The van der Waals surface area contributed by atoms with Gasteiger partial charge >= 0.3 is 12.1 Å². The van der Waals surface area contributed by atoms with E-state index in [-0.39, 0.29) is 55.7 Å². The molecule has 1 rings (SSSR count). The molecule has 0 bridgehead atoms. The van der Waals surface area contributed by atoms with Crippen LogP contribution < -0.4 is 0 Å². The Kier molecular flexibility index (Phi) is 19.3. The molecule has 4 atom stereocenters. The van der Waals surface area contributed by atoms with E-state index in [4.69, 9.17) is 9.47 Å². The second-order valence-electron chi connectivity index (χ2n) is 10.5. The first-order valence-electron chi connectivity index (χ1n) is 15.1. The Balaban J connectivity index is 2.28. The minimum absolute atomic E-state index is 0.0458. The lowest BCUT2D eigenvalue weighted by atomic mass is 9.90. The fourth-order valence-electron chi connectivity index (χ4n) is 4.65. The summed E-state index contributed by atoms with van der Waals surface area (Å²) in [5.74, 6) is -0.851. The maximum absolute atomic E-state index is 12.4. The van der Waals surface area contributed by atoms with Crippen LogP contribution in [0.15, 0.2) is 24.3 Å². The number of ketones is 1. The highest BCUT2D eigenvalue weighted by Crippen LogP contribution is 2.33. The van der Waals surface area contributed by atoms with Gasteiger partial charge in [0.15, 0.2) is 0 Å². The van der Waals surface area contributed by atoms with Crippen LogP contribution in [-0.4, -0.2) is 71.5 Å². The molecule has 2 N–H and O–H groups in total. The molecule has 0 aliphatic heterocycles. The van der Waals surface area contributed by atoms with Gasteiger partial charge in [-0.2, -0.15) is 0 Å². The molecule has 0 radical (unpaired) electrons. The number of aliphatic hydroxyl groups is 2. The number of carbonyl (C=O) groups excluding carboxylic acids is 3. The summed E-state index contributed by atoms with van der Waals surface area (Å²) >= 11 is 0. The van der Waals surface area contributed by atoms with E-state index < -0.39 is 12.2 Å². The summed E-state index contributed by atoms with van der Waals surface area (Å²) in [5, 5.41) is 20.4. The molecule has 1 fully saturated rings. The molecule has 224 valence electrons. The predicted molar refractivity (Wildman–Crippen MR) is 153 cm³/mol. The molecule has 39 heavy (non-hydrogen) atoms. The lowest BCUT2D eigenvalue weighted by Gasteiger charge is -2.21. The predicted octanol–water partition coefficient (Wildman–Crippen LogP) is 5.75. The van der Waals surface area contributed by atoms with Crippen molar-refractivity contribution in [2.24, 2.45) is 11.8 Å². The highest BCUT2D eigenvalue weighted by atomic mass is 16.6. The van der Waals surface area contributed by atoms with E-state index in [2.05, 4.69) is 20.8 Å². The molecule has 1 amide bonds. The van der Waals surface area contributed by atoms with Crippen molar-refractivity contribution in [3.63, 3.8) is 0 Å². The van der Waals surface area contributed by atoms with Gasteiger partial charge in [0.25, 0.3) is 0 Å². The summed E-state index contributed by atoms with van der Waals surface area (Å²) < 4.78 is 10.4. The van der Waals surface area contributed by atoms with Gasteiger partial charge in [-0.05, 0) is 38.5 Å². The second-order valence-corrected chi connectivity index (χ2v) is 10.5. The van der Waals surface area contributed by atoms with Crippen LogP contribution in [0, 0.1) is 11.8 Å². The van der Waals surface area contributed by atoms with Gasteiger partial charge in [-0.3, -0.25) is 9.59 Å². The monoisotopic (exact) mass is 551 g/mol. The van der Waals surface area contributed by atoms with Gasteiger partial charge in [-0.1, -0.05) is 77.2 Å². The molecule has 0 aromatic heterocycles. The van der Waals surface area contributed by atoms with Gasteiger partial charge in [-0.25, -0.2) is 4.79 Å². The third-order valence-corrected chi connectivity index (χ3v) is 7.09. The van der Waals surface area contributed by atoms with E-state index in [9.17, 15) is 24.6 Å². The number of hydrogen-bond donors (Lipinski definition) is 2. The zero-order valence-corrected chi connectivity index (χ0v) is 24.5. The topological polar surface area (TPSA) is 113 Å². The zero-order chi connectivity index (χ0) is 28.9. The smallest absolute Gasteiger partial charge is 0.409 e. The molecule has 8 heteroatoms. The summed E-state index contributed by atoms with van der Waals surface area (Å²) in [6, 6.07) is 0. The van der Waals surface area contributed by atoms with E-state index in [1.807, 2.05) is 18.2 Å². The van der Waals surface area contributed by atoms with Gasteiger partial charge in [0.05, 0.1) is 12.2 Å². The van der Waals surface area contributed by atoms with Crippen LogP contribution >= 0.6 is 0 Å². The lowest BCUT2D eigenvalue weighted by Crippen LogP contribution is -2.34. The Hall–Kier alpha value is -2.19. The van der Waals surface area contributed by atoms with Crippen molar-refractivity contribution in [1.82, 2.24) is 4.90 Å². The number of carbonyl (C=O) groups is 3. The number of Topliss-reactive ketones (excluding diaryl/α,β-unsaturated/α-hetero) is 1. The minimum atomic E-state index is -0.709. The number of hydrogen-bond acceptors (Lipinski definition) is 7. The van der Waals surface area contributed by atoms with Crippen molar-refractivity contribution in [2.75, 3.05) is 26.3 Å². The number of allylic oxidation sites excluding steroid dienone is 2. The van der Waals surface area contributed by atoms with Gasteiger partial charge in [0.1, 0.15) is 19.0 Å². The Labute approximate surface area is 235 Å². The number of amides is 1. The van der Waals surface area contributed by atoms with Crippen LogP contribution in [0.1, 0.15) is 104 Å².